The van der Waals surface area contributed by atoms with E-state index in [0.717, 1.165) is 12.1 Å². The normalized spacial score (nSPS) is 10.2. The number of nitrogens with one attached hydrogen (secondary N) is 1. The maximum Gasteiger partial charge on any atom is 0.176 e. The molecule has 0 aromatic heterocycles. The quantitative estimate of drug-likeness (QED) is 0.809. The number of hydrogen-bond acceptors (Lipinski definition) is 3. The molecular weight excluding hydrogens is 202 g/mol. The van der Waals surface area contributed by atoms with E-state index in [4.69, 9.17) is 16.3 Å². The van der Waals surface area contributed by atoms with Crippen LogP contribution in [0.5, 0.6) is 11.5 Å². The summed E-state index contributed by atoms with van der Waals surface area (Å²) < 4.78 is 4.98. The second-order valence-corrected chi connectivity index (χ2v) is 3.32. The fourth-order valence-corrected chi connectivity index (χ4v) is 1.39. The van der Waals surface area contributed by atoms with E-state index in [9.17, 15) is 5.11 Å². The summed E-state index contributed by atoms with van der Waals surface area (Å²) in [6, 6.07) is 3.49. The van der Waals surface area contributed by atoms with Crippen molar-refractivity contribution in [2.24, 2.45) is 0 Å². The smallest absolute Gasteiger partial charge is 0.176 e. The summed E-state index contributed by atoms with van der Waals surface area (Å²) in [5.74, 6) is 0.403. The topological polar surface area (TPSA) is 41.5 Å². The molecule has 0 heterocycles. The van der Waals surface area contributed by atoms with E-state index in [2.05, 4.69) is 5.32 Å². The van der Waals surface area contributed by atoms with Crippen LogP contribution in [-0.2, 0) is 6.54 Å². The first kappa shape index (κ1) is 11.1. The van der Waals surface area contributed by atoms with Crippen molar-refractivity contribution in [1.29, 1.82) is 0 Å². The maximum atomic E-state index is 9.47. The summed E-state index contributed by atoms with van der Waals surface area (Å²) in [5.41, 5.74) is 0.992. The van der Waals surface area contributed by atoms with Crippen LogP contribution in [0.3, 0.4) is 0 Å². The van der Waals surface area contributed by atoms with Crippen LogP contribution in [0.2, 0.25) is 5.02 Å². The number of phenolic OH excluding ortho intramolecular Hbond substituents is 1. The van der Waals surface area contributed by atoms with Crippen LogP contribution in [0.1, 0.15) is 12.5 Å². The Morgan fingerprint density at radius 2 is 2.21 bits per heavy atom. The van der Waals surface area contributed by atoms with Crippen LogP contribution in [-0.4, -0.2) is 18.8 Å². The molecule has 0 spiro atoms. The highest BCUT2D eigenvalue weighted by molar-refractivity contribution is 6.32. The van der Waals surface area contributed by atoms with Crippen molar-refractivity contribution in [2.45, 2.75) is 13.5 Å². The van der Waals surface area contributed by atoms with E-state index < -0.39 is 0 Å². The Kier molecular flexibility index (Phi) is 4.04. The Morgan fingerprint density at radius 1 is 1.50 bits per heavy atom. The Morgan fingerprint density at radius 3 is 2.79 bits per heavy atom. The summed E-state index contributed by atoms with van der Waals surface area (Å²) in [6.45, 7) is 3.63. The molecule has 1 rings (SSSR count). The minimum Gasteiger partial charge on any atom is -0.503 e. The molecule has 0 aliphatic carbocycles. The summed E-state index contributed by atoms with van der Waals surface area (Å²) in [5, 5.41) is 13.0. The van der Waals surface area contributed by atoms with Crippen LogP contribution < -0.4 is 10.1 Å². The van der Waals surface area contributed by atoms with Crippen LogP contribution >= 0.6 is 11.6 Å². The Hall–Kier alpha value is -0.930. The molecule has 78 valence electrons. The minimum atomic E-state index is -0.00517. The Bertz CT molecular complexity index is 315. The zero-order valence-corrected chi connectivity index (χ0v) is 9.06. The lowest BCUT2D eigenvalue weighted by Crippen LogP contribution is -2.11. The number of halogens is 1. The third kappa shape index (κ3) is 2.53. The fourth-order valence-electron chi connectivity index (χ4n) is 1.15. The molecule has 1 aromatic carbocycles. The zero-order chi connectivity index (χ0) is 10.6. The van der Waals surface area contributed by atoms with Gasteiger partial charge in [-0.3, -0.25) is 0 Å². The van der Waals surface area contributed by atoms with E-state index in [-0.39, 0.29) is 5.75 Å². The van der Waals surface area contributed by atoms with Crippen LogP contribution in [0.25, 0.3) is 0 Å². The predicted molar refractivity (Wildman–Crippen MR) is 57.0 cm³/mol. The molecule has 14 heavy (non-hydrogen) atoms. The molecule has 0 saturated carbocycles. The number of hydrogen-bond donors (Lipinski definition) is 2. The monoisotopic (exact) mass is 215 g/mol. The van der Waals surface area contributed by atoms with Crippen LogP contribution in [0, 0.1) is 0 Å². The van der Waals surface area contributed by atoms with Gasteiger partial charge in [0.2, 0.25) is 0 Å². The second kappa shape index (κ2) is 5.08. The van der Waals surface area contributed by atoms with E-state index in [1.54, 1.807) is 12.1 Å². The molecule has 3 nitrogen and oxygen atoms in total. The zero-order valence-electron chi connectivity index (χ0n) is 8.30. The van der Waals surface area contributed by atoms with Gasteiger partial charge in [0.05, 0.1) is 12.1 Å². The molecule has 0 fully saturated rings. The van der Waals surface area contributed by atoms with Crippen molar-refractivity contribution < 1.29 is 9.84 Å². The fraction of sp³-hybridized carbons (Fsp3) is 0.400. The molecule has 0 aliphatic rings. The van der Waals surface area contributed by atoms with Gasteiger partial charge in [0.25, 0.3) is 0 Å². The van der Waals surface area contributed by atoms with Gasteiger partial charge in [0.1, 0.15) is 0 Å². The van der Waals surface area contributed by atoms with Crippen molar-refractivity contribution in [2.75, 3.05) is 13.7 Å². The SMILES string of the molecule is CCNCc1cc(Cl)c(O)c(OC)c1. The van der Waals surface area contributed by atoms with Crippen molar-refractivity contribution in [3.8, 4) is 11.5 Å². The van der Waals surface area contributed by atoms with Gasteiger partial charge >= 0.3 is 0 Å². The standard InChI is InChI=1S/C10H14ClNO2/c1-3-12-6-7-4-8(11)10(13)9(5-7)14-2/h4-5,12-13H,3,6H2,1-2H3. The number of rotatable bonds is 4. The van der Waals surface area contributed by atoms with Gasteiger partial charge in [-0.25, -0.2) is 0 Å². The molecule has 0 radical (unpaired) electrons. The van der Waals surface area contributed by atoms with E-state index >= 15 is 0 Å². The van der Waals surface area contributed by atoms with E-state index in [1.165, 1.54) is 7.11 Å². The third-order valence-electron chi connectivity index (χ3n) is 1.89. The van der Waals surface area contributed by atoms with Crippen molar-refractivity contribution in [1.82, 2.24) is 5.32 Å². The molecule has 0 unspecified atom stereocenters. The summed E-state index contributed by atoms with van der Waals surface area (Å²) in [7, 11) is 1.50. The van der Waals surface area contributed by atoms with Crippen LogP contribution in [0.4, 0.5) is 0 Å². The van der Waals surface area contributed by atoms with Gasteiger partial charge in [0, 0.05) is 6.54 Å². The van der Waals surface area contributed by atoms with Crippen molar-refractivity contribution >= 4 is 11.6 Å². The molecule has 0 amide bonds. The number of methoxy groups -OCH3 is 1. The van der Waals surface area contributed by atoms with Gasteiger partial charge < -0.3 is 15.2 Å². The number of aromatic hydroxyl groups is 1. The Balaban J connectivity index is 2.91. The van der Waals surface area contributed by atoms with E-state index in [1.807, 2.05) is 6.92 Å². The second-order valence-electron chi connectivity index (χ2n) is 2.91. The Labute approximate surface area is 88.7 Å². The largest absolute Gasteiger partial charge is 0.503 e. The average Bonchev–Trinajstić information content (AvgIpc) is 2.19. The molecule has 0 atom stereocenters. The molecule has 4 heteroatoms. The molecule has 0 saturated heterocycles. The lowest BCUT2D eigenvalue weighted by atomic mass is 10.2. The lowest BCUT2D eigenvalue weighted by Gasteiger charge is -2.08. The number of ether oxygens (including phenoxy) is 1. The maximum absolute atomic E-state index is 9.47. The highest BCUT2D eigenvalue weighted by atomic mass is 35.5. The molecule has 2 N–H and O–H groups in total. The lowest BCUT2D eigenvalue weighted by molar-refractivity contribution is 0.373. The highest BCUT2D eigenvalue weighted by Crippen LogP contribution is 2.34. The predicted octanol–water partition coefficient (Wildman–Crippen LogP) is 2.16. The van der Waals surface area contributed by atoms with Gasteiger partial charge in [-0.1, -0.05) is 18.5 Å². The first-order valence-corrected chi connectivity index (χ1v) is 4.83. The first-order valence-electron chi connectivity index (χ1n) is 4.45. The van der Waals surface area contributed by atoms with Crippen molar-refractivity contribution in [3.63, 3.8) is 0 Å². The van der Waals surface area contributed by atoms with Gasteiger partial charge in [0.15, 0.2) is 11.5 Å². The molecule has 0 aliphatic heterocycles. The van der Waals surface area contributed by atoms with Crippen LogP contribution in [0.15, 0.2) is 12.1 Å². The summed E-state index contributed by atoms with van der Waals surface area (Å²) in [4.78, 5) is 0. The summed E-state index contributed by atoms with van der Waals surface area (Å²) in [6.07, 6.45) is 0. The van der Waals surface area contributed by atoms with Gasteiger partial charge in [-0.05, 0) is 24.2 Å². The third-order valence-corrected chi connectivity index (χ3v) is 2.18. The van der Waals surface area contributed by atoms with Crippen molar-refractivity contribution in [3.05, 3.63) is 22.7 Å². The molecule has 0 bridgehead atoms. The minimum absolute atomic E-state index is 0.00517. The van der Waals surface area contributed by atoms with Gasteiger partial charge in [-0.2, -0.15) is 0 Å². The first-order chi connectivity index (χ1) is 6.69. The number of benzene rings is 1. The molecular formula is C10H14ClNO2. The average molecular weight is 216 g/mol. The van der Waals surface area contributed by atoms with Gasteiger partial charge in [-0.15, -0.1) is 0 Å². The van der Waals surface area contributed by atoms with E-state index in [0.29, 0.717) is 17.3 Å². The summed E-state index contributed by atoms with van der Waals surface area (Å²) >= 11 is 5.82. The highest BCUT2D eigenvalue weighted by Gasteiger charge is 2.08. The molecule has 1 aromatic rings. The number of phenols is 1.